The molecule has 0 aliphatic heterocycles. The maximum absolute atomic E-state index is 9.44. The van der Waals surface area contributed by atoms with Gasteiger partial charge >= 0.3 is 0 Å². The van der Waals surface area contributed by atoms with Crippen molar-refractivity contribution in [3.8, 4) is 0 Å². The lowest BCUT2D eigenvalue weighted by Crippen LogP contribution is -2.21. The van der Waals surface area contributed by atoms with Crippen LogP contribution in [0.1, 0.15) is 19.4 Å². The molecule has 0 spiro atoms. The first kappa shape index (κ1) is 8.21. The van der Waals surface area contributed by atoms with E-state index in [4.69, 9.17) is 0 Å². The van der Waals surface area contributed by atoms with Crippen LogP contribution in [0.25, 0.3) is 0 Å². The van der Waals surface area contributed by atoms with Crippen molar-refractivity contribution in [2.45, 2.75) is 25.9 Å². The van der Waals surface area contributed by atoms with Crippen LogP contribution in [0.4, 0.5) is 0 Å². The van der Waals surface area contributed by atoms with E-state index in [9.17, 15) is 5.11 Å². The molecular formula is C9H13NO. The zero-order valence-corrected chi connectivity index (χ0v) is 6.91. The van der Waals surface area contributed by atoms with Gasteiger partial charge in [-0.25, -0.2) is 0 Å². The van der Waals surface area contributed by atoms with Crippen LogP contribution in [0.15, 0.2) is 24.5 Å². The molecule has 60 valence electrons. The molecule has 0 aliphatic carbocycles. The van der Waals surface area contributed by atoms with Crippen LogP contribution in [-0.2, 0) is 6.42 Å². The number of rotatable bonds is 2. The highest BCUT2D eigenvalue weighted by atomic mass is 16.3. The molecule has 0 atom stereocenters. The van der Waals surface area contributed by atoms with Crippen molar-refractivity contribution in [1.29, 1.82) is 0 Å². The smallest absolute Gasteiger partial charge is 0.0632 e. The predicted octanol–water partition coefficient (Wildman–Crippen LogP) is 1.40. The van der Waals surface area contributed by atoms with E-state index in [0.29, 0.717) is 6.42 Å². The standard InChI is InChI=1S/C9H13NO/c1-9(2,11)6-8-4-3-5-10-7-8/h3-5,7,11H,6H2,1-2H3. The lowest BCUT2D eigenvalue weighted by atomic mass is 10.0. The zero-order valence-electron chi connectivity index (χ0n) is 6.91. The van der Waals surface area contributed by atoms with Crippen molar-refractivity contribution in [2.75, 3.05) is 0 Å². The molecule has 1 rings (SSSR count). The van der Waals surface area contributed by atoms with Gasteiger partial charge in [0.05, 0.1) is 5.60 Å². The van der Waals surface area contributed by atoms with Crippen molar-refractivity contribution in [1.82, 2.24) is 4.98 Å². The van der Waals surface area contributed by atoms with E-state index in [-0.39, 0.29) is 0 Å². The average molecular weight is 151 g/mol. The summed E-state index contributed by atoms with van der Waals surface area (Å²) in [5, 5.41) is 9.44. The normalized spacial score (nSPS) is 11.5. The lowest BCUT2D eigenvalue weighted by Gasteiger charge is -2.16. The summed E-state index contributed by atoms with van der Waals surface area (Å²) in [5.41, 5.74) is 0.434. The molecule has 0 saturated carbocycles. The predicted molar refractivity (Wildman–Crippen MR) is 44.2 cm³/mol. The largest absolute Gasteiger partial charge is 0.390 e. The molecule has 0 aliphatic rings. The van der Waals surface area contributed by atoms with Crippen molar-refractivity contribution in [3.05, 3.63) is 30.1 Å². The summed E-state index contributed by atoms with van der Waals surface area (Å²) in [6, 6.07) is 3.84. The molecule has 0 unspecified atom stereocenters. The minimum absolute atomic E-state index is 0.636. The van der Waals surface area contributed by atoms with Crippen molar-refractivity contribution >= 4 is 0 Å². The van der Waals surface area contributed by atoms with Gasteiger partial charge in [-0.2, -0.15) is 0 Å². The van der Waals surface area contributed by atoms with E-state index in [1.807, 2.05) is 12.1 Å². The first-order chi connectivity index (χ1) is 5.08. The van der Waals surface area contributed by atoms with Crippen LogP contribution in [0.5, 0.6) is 0 Å². The molecule has 1 N–H and O–H groups in total. The second-order valence-electron chi connectivity index (χ2n) is 3.35. The summed E-state index contributed by atoms with van der Waals surface area (Å²) in [7, 11) is 0. The molecular weight excluding hydrogens is 138 g/mol. The Morgan fingerprint density at radius 3 is 2.73 bits per heavy atom. The third-order valence-corrected chi connectivity index (χ3v) is 1.36. The van der Waals surface area contributed by atoms with Crippen LogP contribution in [0.3, 0.4) is 0 Å². The van der Waals surface area contributed by atoms with Crippen molar-refractivity contribution in [2.24, 2.45) is 0 Å². The Labute approximate surface area is 66.9 Å². The molecule has 0 aromatic carbocycles. The fourth-order valence-electron chi connectivity index (χ4n) is 1.00. The summed E-state index contributed by atoms with van der Waals surface area (Å²) >= 11 is 0. The fraction of sp³-hybridized carbons (Fsp3) is 0.444. The highest BCUT2D eigenvalue weighted by Crippen LogP contribution is 2.09. The first-order valence-corrected chi connectivity index (χ1v) is 3.69. The number of hydrogen-bond acceptors (Lipinski definition) is 2. The molecule has 11 heavy (non-hydrogen) atoms. The van der Waals surface area contributed by atoms with Crippen LogP contribution < -0.4 is 0 Å². The highest BCUT2D eigenvalue weighted by molar-refractivity contribution is 5.10. The fourth-order valence-corrected chi connectivity index (χ4v) is 1.00. The minimum atomic E-state index is -0.636. The Morgan fingerprint density at radius 2 is 2.27 bits per heavy atom. The van der Waals surface area contributed by atoms with Gasteiger partial charge in [0.1, 0.15) is 0 Å². The van der Waals surface area contributed by atoms with Gasteiger partial charge in [0.2, 0.25) is 0 Å². The van der Waals surface area contributed by atoms with Crippen LogP contribution in [0.2, 0.25) is 0 Å². The van der Waals surface area contributed by atoms with Gasteiger partial charge in [0.25, 0.3) is 0 Å². The van der Waals surface area contributed by atoms with E-state index in [0.717, 1.165) is 5.56 Å². The molecule has 0 bridgehead atoms. The van der Waals surface area contributed by atoms with Gasteiger partial charge in [0, 0.05) is 18.8 Å². The quantitative estimate of drug-likeness (QED) is 0.693. The van der Waals surface area contributed by atoms with Gasteiger partial charge in [-0.15, -0.1) is 0 Å². The van der Waals surface area contributed by atoms with Crippen LogP contribution in [-0.4, -0.2) is 15.7 Å². The van der Waals surface area contributed by atoms with Crippen LogP contribution >= 0.6 is 0 Å². The second-order valence-corrected chi connectivity index (χ2v) is 3.35. The average Bonchev–Trinajstić information content (AvgIpc) is 1.85. The Balaban J connectivity index is 2.66. The van der Waals surface area contributed by atoms with E-state index >= 15 is 0 Å². The molecule has 0 saturated heterocycles. The zero-order chi connectivity index (χ0) is 8.32. The van der Waals surface area contributed by atoms with E-state index < -0.39 is 5.60 Å². The first-order valence-electron chi connectivity index (χ1n) is 3.69. The monoisotopic (exact) mass is 151 g/mol. The molecule has 0 amide bonds. The molecule has 1 aromatic rings. The second kappa shape index (κ2) is 3.01. The lowest BCUT2D eigenvalue weighted by molar-refractivity contribution is 0.0809. The molecule has 2 nitrogen and oxygen atoms in total. The number of aliphatic hydroxyl groups is 1. The number of hydrogen-bond donors (Lipinski definition) is 1. The molecule has 0 radical (unpaired) electrons. The number of aromatic nitrogens is 1. The van der Waals surface area contributed by atoms with E-state index in [1.54, 1.807) is 26.2 Å². The summed E-state index contributed by atoms with van der Waals surface area (Å²) in [6.07, 6.45) is 4.16. The van der Waals surface area contributed by atoms with Crippen molar-refractivity contribution < 1.29 is 5.11 Å². The summed E-state index contributed by atoms with van der Waals surface area (Å²) in [4.78, 5) is 3.96. The number of nitrogens with zero attached hydrogens (tertiary/aromatic N) is 1. The molecule has 1 heterocycles. The topological polar surface area (TPSA) is 33.1 Å². The number of pyridine rings is 1. The summed E-state index contributed by atoms with van der Waals surface area (Å²) in [5.74, 6) is 0. The van der Waals surface area contributed by atoms with Gasteiger partial charge in [-0.3, -0.25) is 4.98 Å². The van der Waals surface area contributed by atoms with Gasteiger partial charge in [0.15, 0.2) is 0 Å². The third kappa shape index (κ3) is 3.14. The molecule has 1 aromatic heterocycles. The Hall–Kier alpha value is -0.890. The molecule has 2 heteroatoms. The Bertz CT molecular complexity index is 213. The summed E-state index contributed by atoms with van der Waals surface area (Å²) in [6.45, 7) is 3.58. The third-order valence-electron chi connectivity index (χ3n) is 1.36. The summed E-state index contributed by atoms with van der Waals surface area (Å²) < 4.78 is 0. The van der Waals surface area contributed by atoms with Gasteiger partial charge in [-0.1, -0.05) is 6.07 Å². The van der Waals surface area contributed by atoms with Crippen molar-refractivity contribution in [3.63, 3.8) is 0 Å². The Morgan fingerprint density at radius 1 is 1.55 bits per heavy atom. The van der Waals surface area contributed by atoms with Gasteiger partial charge in [-0.05, 0) is 25.5 Å². The SMILES string of the molecule is CC(C)(O)Cc1cccnc1. The van der Waals surface area contributed by atoms with E-state index in [2.05, 4.69) is 4.98 Å². The van der Waals surface area contributed by atoms with Crippen LogP contribution in [0, 0.1) is 0 Å². The maximum atomic E-state index is 9.44. The van der Waals surface area contributed by atoms with E-state index in [1.165, 1.54) is 0 Å². The maximum Gasteiger partial charge on any atom is 0.0632 e. The molecule has 0 fully saturated rings. The highest BCUT2D eigenvalue weighted by Gasteiger charge is 2.12. The Kier molecular flexibility index (Phi) is 2.25. The van der Waals surface area contributed by atoms with Gasteiger partial charge < -0.3 is 5.11 Å². The minimum Gasteiger partial charge on any atom is -0.390 e.